The number of ketones is 1. The molecule has 3 heterocycles. The van der Waals surface area contributed by atoms with Gasteiger partial charge in [-0.05, 0) is 49.2 Å². The molecule has 0 amide bonds. The van der Waals surface area contributed by atoms with Crippen LogP contribution in [0.1, 0.15) is 29.9 Å². The number of hydrogen-bond donors (Lipinski definition) is 0. The lowest BCUT2D eigenvalue weighted by atomic mass is 9.73. The molecule has 3 aliphatic rings. The second-order valence-corrected chi connectivity index (χ2v) is 7.03. The summed E-state index contributed by atoms with van der Waals surface area (Å²) in [6.45, 7) is 2.08. The summed E-state index contributed by atoms with van der Waals surface area (Å²) in [4.78, 5) is 15.4. The second kappa shape index (κ2) is 6.10. The normalized spacial score (nSPS) is 27.9. The molecule has 3 heteroatoms. The number of benzene rings is 2. The Labute approximate surface area is 142 Å². The molecule has 23 heavy (non-hydrogen) atoms. The third-order valence-electron chi connectivity index (χ3n) is 5.32. The van der Waals surface area contributed by atoms with Gasteiger partial charge in [-0.1, -0.05) is 54.1 Å². The predicted molar refractivity (Wildman–Crippen MR) is 92.8 cm³/mol. The van der Waals surface area contributed by atoms with E-state index in [2.05, 4.69) is 41.3 Å². The first-order valence-corrected chi connectivity index (χ1v) is 8.70. The zero-order valence-corrected chi connectivity index (χ0v) is 13.7. The summed E-state index contributed by atoms with van der Waals surface area (Å²) in [7, 11) is 0. The van der Waals surface area contributed by atoms with Crippen LogP contribution in [0.5, 0.6) is 0 Å². The summed E-state index contributed by atoms with van der Waals surface area (Å²) in [6.07, 6.45) is 2.05. The van der Waals surface area contributed by atoms with E-state index < -0.39 is 0 Å². The van der Waals surface area contributed by atoms with Gasteiger partial charge in [0.2, 0.25) is 0 Å². The number of piperidine rings is 3. The fourth-order valence-corrected chi connectivity index (χ4v) is 4.27. The van der Waals surface area contributed by atoms with Crippen molar-refractivity contribution in [1.82, 2.24) is 4.90 Å². The van der Waals surface area contributed by atoms with Crippen LogP contribution in [0.3, 0.4) is 0 Å². The molecule has 2 aromatic carbocycles. The van der Waals surface area contributed by atoms with Crippen LogP contribution in [0.4, 0.5) is 0 Å². The Bertz CT molecular complexity index is 689. The van der Waals surface area contributed by atoms with Crippen molar-refractivity contribution in [3.05, 3.63) is 70.7 Å². The maximum atomic E-state index is 13.0. The molecule has 2 atom stereocenters. The molecular formula is C20H20ClNO. The third-order valence-corrected chi connectivity index (χ3v) is 5.57. The Morgan fingerprint density at radius 3 is 2.13 bits per heavy atom. The number of rotatable bonds is 3. The van der Waals surface area contributed by atoms with Gasteiger partial charge in [-0.2, -0.15) is 0 Å². The number of Topliss-reactive ketones (excluding diaryl/α,β-unsaturated/α-hetero) is 1. The van der Waals surface area contributed by atoms with Gasteiger partial charge in [0.05, 0.1) is 6.04 Å². The molecule has 2 aromatic rings. The van der Waals surface area contributed by atoms with E-state index in [4.69, 9.17) is 11.6 Å². The highest BCUT2D eigenvalue weighted by molar-refractivity contribution is 6.30. The highest BCUT2D eigenvalue weighted by Gasteiger charge is 2.45. The maximum Gasteiger partial charge on any atom is 0.154 e. The first-order valence-electron chi connectivity index (χ1n) is 8.32. The Morgan fingerprint density at radius 2 is 1.52 bits per heavy atom. The fourth-order valence-electron chi connectivity index (χ4n) is 4.15. The standard InChI is InChI=1S/C20H20ClNO/c21-17-8-6-15(7-9-17)18(14-4-2-1-3-5-14)19-20(23)16-10-12-22(19)13-11-16/h1-9,16,18-19H,10-13H2/t18-,19-/m1/s1. The highest BCUT2D eigenvalue weighted by Crippen LogP contribution is 2.39. The van der Waals surface area contributed by atoms with Crippen molar-refractivity contribution in [1.29, 1.82) is 0 Å². The van der Waals surface area contributed by atoms with Gasteiger partial charge in [-0.3, -0.25) is 9.69 Å². The molecule has 3 saturated heterocycles. The van der Waals surface area contributed by atoms with E-state index >= 15 is 0 Å². The Kier molecular flexibility index (Phi) is 3.96. The van der Waals surface area contributed by atoms with E-state index in [-0.39, 0.29) is 17.9 Å². The van der Waals surface area contributed by atoms with Gasteiger partial charge in [-0.25, -0.2) is 0 Å². The average molecular weight is 326 g/mol. The Hall–Kier alpha value is -1.64. The first kappa shape index (κ1) is 14.9. The molecule has 0 spiro atoms. The minimum Gasteiger partial charge on any atom is -0.298 e. The topological polar surface area (TPSA) is 20.3 Å². The second-order valence-electron chi connectivity index (χ2n) is 6.60. The SMILES string of the molecule is O=C1C2CCN(CC2)[C@@H]1[C@H](c1ccccc1)c1ccc(Cl)cc1. The third kappa shape index (κ3) is 2.71. The fraction of sp³-hybridized carbons (Fsp3) is 0.350. The summed E-state index contributed by atoms with van der Waals surface area (Å²) in [5.74, 6) is 0.763. The van der Waals surface area contributed by atoms with Crippen molar-refractivity contribution in [2.24, 2.45) is 5.92 Å². The molecule has 0 radical (unpaired) electrons. The number of fused-ring (bicyclic) bond motifs is 3. The van der Waals surface area contributed by atoms with Crippen LogP contribution in [0.25, 0.3) is 0 Å². The van der Waals surface area contributed by atoms with Crippen molar-refractivity contribution in [2.45, 2.75) is 24.8 Å². The van der Waals surface area contributed by atoms with Crippen LogP contribution in [0.15, 0.2) is 54.6 Å². The van der Waals surface area contributed by atoms with E-state index in [1.165, 1.54) is 11.1 Å². The van der Waals surface area contributed by atoms with Gasteiger partial charge in [0, 0.05) is 16.9 Å². The number of carbonyl (C=O) groups excluding carboxylic acids is 1. The van der Waals surface area contributed by atoms with Crippen molar-refractivity contribution in [2.75, 3.05) is 13.1 Å². The average Bonchev–Trinajstić information content (AvgIpc) is 2.61. The van der Waals surface area contributed by atoms with Gasteiger partial charge >= 0.3 is 0 Å². The largest absolute Gasteiger partial charge is 0.298 e. The molecule has 2 bridgehead atoms. The van der Waals surface area contributed by atoms with Gasteiger partial charge in [0.1, 0.15) is 0 Å². The van der Waals surface area contributed by atoms with Crippen LogP contribution < -0.4 is 0 Å². The van der Waals surface area contributed by atoms with Crippen molar-refractivity contribution in [3.63, 3.8) is 0 Å². The van der Waals surface area contributed by atoms with Crippen molar-refractivity contribution >= 4 is 17.4 Å². The number of hydrogen-bond acceptors (Lipinski definition) is 2. The summed E-state index contributed by atoms with van der Waals surface area (Å²) in [6, 6.07) is 18.3. The smallest absolute Gasteiger partial charge is 0.154 e. The van der Waals surface area contributed by atoms with Gasteiger partial charge in [-0.15, -0.1) is 0 Å². The zero-order valence-electron chi connectivity index (χ0n) is 13.0. The quantitative estimate of drug-likeness (QED) is 0.845. The molecule has 2 nitrogen and oxygen atoms in total. The van der Waals surface area contributed by atoms with E-state index in [1.807, 2.05) is 18.2 Å². The van der Waals surface area contributed by atoms with Crippen LogP contribution in [-0.4, -0.2) is 29.8 Å². The molecular weight excluding hydrogens is 306 g/mol. The van der Waals surface area contributed by atoms with Crippen molar-refractivity contribution < 1.29 is 4.79 Å². The van der Waals surface area contributed by atoms with Gasteiger partial charge in [0.25, 0.3) is 0 Å². The number of halogens is 1. The minimum absolute atomic E-state index is 0.0360. The van der Waals surface area contributed by atoms with Crippen LogP contribution in [0.2, 0.25) is 5.02 Å². The lowest BCUT2D eigenvalue weighted by molar-refractivity contribution is -0.137. The lowest BCUT2D eigenvalue weighted by Gasteiger charge is -2.47. The molecule has 0 N–H and O–H groups in total. The first-order chi connectivity index (χ1) is 11.2. The van der Waals surface area contributed by atoms with Crippen LogP contribution in [0, 0.1) is 5.92 Å². The summed E-state index contributed by atoms with van der Waals surface area (Å²) in [5.41, 5.74) is 2.38. The van der Waals surface area contributed by atoms with E-state index in [1.54, 1.807) is 0 Å². The summed E-state index contributed by atoms with van der Waals surface area (Å²) < 4.78 is 0. The van der Waals surface area contributed by atoms with Gasteiger partial charge in [0.15, 0.2) is 5.78 Å². The number of carbonyl (C=O) groups is 1. The molecule has 3 aliphatic heterocycles. The highest BCUT2D eigenvalue weighted by atomic mass is 35.5. The monoisotopic (exact) mass is 325 g/mol. The van der Waals surface area contributed by atoms with E-state index in [9.17, 15) is 4.79 Å². The molecule has 0 unspecified atom stereocenters. The summed E-state index contributed by atoms with van der Waals surface area (Å²) >= 11 is 6.06. The minimum atomic E-state index is -0.0360. The van der Waals surface area contributed by atoms with E-state index in [0.717, 1.165) is 31.0 Å². The predicted octanol–water partition coefficient (Wildman–Crippen LogP) is 4.14. The van der Waals surface area contributed by atoms with Crippen LogP contribution in [-0.2, 0) is 4.79 Å². The lowest BCUT2D eigenvalue weighted by Crippen LogP contribution is -2.57. The molecule has 3 fully saturated rings. The van der Waals surface area contributed by atoms with Crippen molar-refractivity contribution in [3.8, 4) is 0 Å². The van der Waals surface area contributed by atoms with E-state index in [0.29, 0.717) is 5.78 Å². The van der Waals surface area contributed by atoms with Crippen LogP contribution >= 0.6 is 11.6 Å². The zero-order chi connectivity index (χ0) is 15.8. The molecule has 0 saturated carbocycles. The number of nitrogens with zero attached hydrogens (tertiary/aromatic N) is 1. The Balaban J connectivity index is 1.79. The maximum absolute atomic E-state index is 13.0. The summed E-state index contributed by atoms with van der Waals surface area (Å²) in [5, 5.41) is 0.734. The molecule has 0 aliphatic carbocycles. The molecule has 0 aromatic heterocycles. The molecule has 118 valence electrons. The Morgan fingerprint density at radius 1 is 0.913 bits per heavy atom. The van der Waals surface area contributed by atoms with Gasteiger partial charge < -0.3 is 0 Å². The molecule has 5 rings (SSSR count).